The summed E-state index contributed by atoms with van der Waals surface area (Å²) >= 11 is 0. The van der Waals surface area contributed by atoms with E-state index < -0.39 is 11.6 Å². The van der Waals surface area contributed by atoms with Gasteiger partial charge in [-0.3, -0.25) is 4.79 Å². The number of hydrogen-bond donors (Lipinski definition) is 1. The van der Waals surface area contributed by atoms with Gasteiger partial charge in [0.2, 0.25) is 5.91 Å². The maximum atomic E-state index is 13.4. The zero-order chi connectivity index (χ0) is 19.9. The Bertz CT molecular complexity index is 884. The van der Waals surface area contributed by atoms with E-state index >= 15 is 0 Å². The van der Waals surface area contributed by atoms with E-state index in [9.17, 15) is 18.0 Å². The van der Waals surface area contributed by atoms with E-state index in [1.165, 1.54) is 6.08 Å². The zero-order valence-corrected chi connectivity index (χ0v) is 15.2. The van der Waals surface area contributed by atoms with Crippen molar-refractivity contribution in [2.75, 3.05) is 18.0 Å². The Balaban J connectivity index is 1.56. The molecule has 1 atom stereocenters. The maximum Gasteiger partial charge on any atom is 0.398 e. The Hall–Kier alpha value is -2.77. The molecule has 0 saturated heterocycles. The number of aromatic nitrogens is 2. The van der Waals surface area contributed by atoms with Crippen molar-refractivity contribution in [3.63, 3.8) is 0 Å². The molecule has 0 bridgehead atoms. The number of amides is 1. The Morgan fingerprint density at radius 3 is 2.57 bits per heavy atom. The summed E-state index contributed by atoms with van der Waals surface area (Å²) in [4.78, 5) is 13.5. The third-order valence-corrected chi connectivity index (χ3v) is 5.62. The van der Waals surface area contributed by atoms with E-state index in [0.29, 0.717) is 25.2 Å². The number of anilines is 2. The van der Waals surface area contributed by atoms with Gasteiger partial charge in [0.05, 0.1) is 11.6 Å². The van der Waals surface area contributed by atoms with Crippen molar-refractivity contribution in [2.24, 2.45) is 5.92 Å². The van der Waals surface area contributed by atoms with Gasteiger partial charge in [-0.05, 0) is 36.6 Å². The predicted molar refractivity (Wildman–Crippen MR) is 99.3 cm³/mol. The molecule has 0 unspecified atom stereocenters. The third kappa shape index (κ3) is 3.16. The minimum atomic E-state index is -4.22. The molecule has 4 rings (SSSR count). The summed E-state index contributed by atoms with van der Waals surface area (Å²) in [6, 6.07) is 8.52. The van der Waals surface area contributed by atoms with Gasteiger partial charge < -0.3 is 10.2 Å². The Labute approximate surface area is 160 Å². The highest BCUT2D eigenvalue weighted by atomic mass is 19.4. The van der Waals surface area contributed by atoms with Crippen LogP contribution in [0.3, 0.4) is 0 Å². The number of halogens is 3. The van der Waals surface area contributed by atoms with E-state index in [0.717, 1.165) is 11.5 Å². The van der Waals surface area contributed by atoms with Crippen LogP contribution in [0.5, 0.6) is 0 Å². The molecule has 1 N–H and O–H groups in total. The normalized spacial score (nSPS) is 20.4. The molecule has 148 valence electrons. The SMILES string of the molecule is C=CC(=O)NC[C@H]1CN(c2ccc(C3(C(F)(F)F)CC3)cc2)c2ccnn2C1. The molecule has 2 heterocycles. The van der Waals surface area contributed by atoms with Crippen molar-refractivity contribution in [1.82, 2.24) is 15.1 Å². The average molecular weight is 390 g/mol. The van der Waals surface area contributed by atoms with Gasteiger partial charge in [-0.15, -0.1) is 0 Å². The summed E-state index contributed by atoms with van der Waals surface area (Å²) in [6.45, 7) is 5.20. The van der Waals surface area contributed by atoms with Crippen LogP contribution in [0.2, 0.25) is 0 Å². The smallest absolute Gasteiger partial charge is 0.352 e. The number of nitrogens with one attached hydrogen (secondary N) is 1. The van der Waals surface area contributed by atoms with E-state index in [4.69, 9.17) is 0 Å². The van der Waals surface area contributed by atoms with Crippen LogP contribution in [-0.2, 0) is 16.8 Å². The lowest BCUT2D eigenvalue weighted by Gasteiger charge is -2.35. The van der Waals surface area contributed by atoms with Gasteiger partial charge in [0.25, 0.3) is 0 Å². The zero-order valence-electron chi connectivity index (χ0n) is 15.2. The molecular weight excluding hydrogens is 369 g/mol. The molecule has 2 aliphatic rings. The Kier molecular flexibility index (Phi) is 4.44. The molecule has 1 aromatic carbocycles. The lowest BCUT2D eigenvalue weighted by atomic mass is 9.95. The summed E-state index contributed by atoms with van der Waals surface area (Å²) in [5.41, 5.74) is -0.542. The monoisotopic (exact) mass is 390 g/mol. The van der Waals surface area contributed by atoms with E-state index in [2.05, 4.69) is 17.0 Å². The predicted octanol–water partition coefficient (Wildman–Crippen LogP) is 3.55. The number of carbonyl (C=O) groups excluding carboxylic acids is 1. The van der Waals surface area contributed by atoms with Crippen LogP contribution in [0.15, 0.2) is 49.2 Å². The van der Waals surface area contributed by atoms with Gasteiger partial charge in [0.15, 0.2) is 0 Å². The first-order chi connectivity index (χ1) is 13.3. The number of nitrogens with zero attached hydrogens (tertiary/aromatic N) is 3. The van der Waals surface area contributed by atoms with Gasteiger partial charge in [-0.2, -0.15) is 18.3 Å². The Morgan fingerprint density at radius 2 is 1.96 bits per heavy atom. The number of alkyl halides is 3. The van der Waals surface area contributed by atoms with Gasteiger partial charge in [0.1, 0.15) is 5.82 Å². The van der Waals surface area contributed by atoms with Gasteiger partial charge in [-0.1, -0.05) is 18.7 Å². The summed E-state index contributed by atoms with van der Waals surface area (Å²) in [5.74, 6) is 0.765. The first kappa shape index (κ1) is 18.6. The van der Waals surface area contributed by atoms with Crippen molar-refractivity contribution < 1.29 is 18.0 Å². The third-order valence-electron chi connectivity index (χ3n) is 5.62. The van der Waals surface area contributed by atoms with Crippen molar-refractivity contribution >= 4 is 17.4 Å². The van der Waals surface area contributed by atoms with Crippen molar-refractivity contribution in [1.29, 1.82) is 0 Å². The molecule has 8 heteroatoms. The molecule has 0 spiro atoms. The summed E-state index contributed by atoms with van der Waals surface area (Å²) < 4.78 is 41.9. The van der Waals surface area contributed by atoms with E-state index in [-0.39, 0.29) is 24.7 Å². The van der Waals surface area contributed by atoms with Crippen LogP contribution < -0.4 is 10.2 Å². The minimum absolute atomic E-state index is 0.112. The first-order valence-electron chi connectivity index (χ1n) is 9.21. The van der Waals surface area contributed by atoms with Crippen LogP contribution in [-0.4, -0.2) is 35.0 Å². The summed E-state index contributed by atoms with van der Waals surface area (Å²) in [6.07, 6.45) is -0.987. The minimum Gasteiger partial charge on any atom is -0.352 e. The fourth-order valence-electron chi connectivity index (χ4n) is 3.85. The fourth-order valence-corrected chi connectivity index (χ4v) is 3.85. The Morgan fingerprint density at radius 1 is 1.25 bits per heavy atom. The molecule has 5 nitrogen and oxygen atoms in total. The van der Waals surface area contributed by atoms with E-state index in [1.807, 2.05) is 15.6 Å². The molecular formula is C20H21F3N4O. The number of fused-ring (bicyclic) bond motifs is 1. The van der Waals surface area contributed by atoms with Crippen LogP contribution in [0.4, 0.5) is 24.7 Å². The summed E-state index contributed by atoms with van der Waals surface area (Å²) in [7, 11) is 0. The topological polar surface area (TPSA) is 50.2 Å². The van der Waals surface area contributed by atoms with Crippen LogP contribution in [0.25, 0.3) is 0 Å². The average Bonchev–Trinajstić information content (AvgIpc) is 3.38. The second kappa shape index (κ2) is 6.68. The van der Waals surface area contributed by atoms with Gasteiger partial charge in [-0.25, -0.2) is 4.68 Å². The van der Waals surface area contributed by atoms with Crippen molar-refractivity contribution in [3.8, 4) is 0 Å². The molecule has 0 radical (unpaired) electrons. The lowest BCUT2D eigenvalue weighted by Crippen LogP contribution is -2.41. The molecule has 1 amide bonds. The number of benzene rings is 1. The standard InChI is InChI=1S/C20H21F3N4O/c1-2-17(28)24-11-14-12-26(18-7-10-25-27(18)13-14)16-5-3-15(4-6-16)19(8-9-19)20(21,22)23/h2-7,10,14H,1,8-9,11-13H2,(H,24,28)/t14-/m0/s1. The molecule has 1 fully saturated rings. The first-order valence-corrected chi connectivity index (χ1v) is 9.21. The van der Waals surface area contributed by atoms with E-state index in [1.54, 1.807) is 30.5 Å². The quantitative estimate of drug-likeness (QED) is 0.795. The highest BCUT2D eigenvalue weighted by Gasteiger charge is 2.64. The van der Waals surface area contributed by atoms with Crippen LogP contribution in [0.1, 0.15) is 18.4 Å². The second-order valence-corrected chi connectivity index (χ2v) is 7.42. The molecule has 1 aromatic heterocycles. The summed E-state index contributed by atoms with van der Waals surface area (Å²) in [5, 5.41) is 7.12. The highest BCUT2D eigenvalue weighted by molar-refractivity contribution is 5.86. The number of hydrogen-bond acceptors (Lipinski definition) is 3. The molecule has 1 aliphatic carbocycles. The maximum absolute atomic E-state index is 13.4. The van der Waals surface area contributed by atoms with Crippen LogP contribution in [0, 0.1) is 5.92 Å². The van der Waals surface area contributed by atoms with Crippen LogP contribution >= 0.6 is 0 Å². The molecule has 28 heavy (non-hydrogen) atoms. The molecule has 2 aromatic rings. The highest BCUT2D eigenvalue weighted by Crippen LogP contribution is 2.59. The van der Waals surface area contributed by atoms with Crippen molar-refractivity contribution in [3.05, 3.63) is 54.7 Å². The number of carbonyl (C=O) groups is 1. The largest absolute Gasteiger partial charge is 0.398 e. The second-order valence-electron chi connectivity index (χ2n) is 7.42. The van der Waals surface area contributed by atoms with Gasteiger partial charge >= 0.3 is 6.18 Å². The molecule has 1 aliphatic heterocycles. The lowest BCUT2D eigenvalue weighted by molar-refractivity contribution is -0.160. The molecule has 1 saturated carbocycles. The van der Waals surface area contributed by atoms with Gasteiger partial charge in [0, 0.05) is 37.3 Å². The number of rotatable bonds is 5. The fraction of sp³-hybridized carbons (Fsp3) is 0.400. The van der Waals surface area contributed by atoms with Crippen molar-refractivity contribution in [2.45, 2.75) is 31.0 Å².